The summed E-state index contributed by atoms with van der Waals surface area (Å²) in [6.45, 7) is 0. The average Bonchev–Trinajstić information content (AvgIpc) is 2.29. The van der Waals surface area contributed by atoms with Gasteiger partial charge in [-0.15, -0.1) is 0 Å². The molecule has 0 unspecified atom stereocenters. The van der Waals surface area contributed by atoms with Crippen molar-refractivity contribution in [1.82, 2.24) is 15.0 Å². The van der Waals surface area contributed by atoms with Gasteiger partial charge in [0, 0.05) is 6.20 Å². The number of nitrogen functional groups attached to an aromatic ring is 1. The topological polar surface area (TPSA) is 88.5 Å². The minimum atomic E-state index is 0.191. The minimum absolute atomic E-state index is 0.191. The Morgan fingerprint density at radius 1 is 1.13 bits per heavy atom. The zero-order chi connectivity index (χ0) is 10.7. The van der Waals surface area contributed by atoms with E-state index in [0.717, 1.165) is 0 Å². The lowest BCUT2D eigenvalue weighted by atomic mass is 10.2. The first-order valence-corrected chi connectivity index (χ1v) is 4.25. The molecule has 72 valence electrons. The number of nitriles is 1. The Kier molecular flexibility index (Phi) is 2.25. The van der Waals surface area contributed by atoms with Crippen LogP contribution in [0.25, 0.3) is 11.4 Å². The van der Waals surface area contributed by atoms with Gasteiger partial charge in [-0.05, 0) is 18.2 Å². The molecule has 0 saturated carbocycles. The number of hydrogen-bond donors (Lipinski definition) is 1. The van der Waals surface area contributed by atoms with E-state index < -0.39 is 0 Å². The van der Waals surface area contributed by atoms with Gasteiger partial charge in [-0.1, -0.05) is 6.07 Å². The normalized spacial score (nSPS) is 9.53. The maximum atomic E-state index is 8.69. The average molecular weight is 197 g/mol. The maximum Gasteiger partial charge on any atom is 0.220 e. The van der Waals surface area contributed by atoms with Crippen LogP contribution in [0.2, 0.25) is 0 Å². The van der Waals surface area contributed by atoms with Crippen molar-refractivity contribution < 1.29 is 0 Å². The summed E-state index contributed by atoms with van der Waals surface area (Å²) in [5.41, 5.74) is 7.03. The summed E-state index contributed by atoms with van der Waals surface area (Å²) >= 11 is 0. The van der Waals surface area contributed by atoms with Crippen molar-refractivity contribution in [2.24, 2.45) is 0 Å². The third-order valence-electron chi connectivity index (χ3n) is 1.80. The Labute approximate surface area is 86.2 Å². The second kappa shape index (κ2) is 3.72. The van der Waals surface area contributed by atoms with Crippen LogP contribution in [0.3, 0.4) is 0 Å². The molecule has 15 heavy (non-hydrogen) atoms. The van der Waals surface area contributed by atoms with E-state index in [9.17, 15) is 0 Å². The van der Waals surface area contributed by atoms with Crippen molar-refractivity contribution >= 4 is 5.95 Å². The van der Waals surface area contributed by atoms with Crippen LogP contribution in [-0.2, 0) is 0 Å². The standard InChI is InChI=1S/C10H7N5/c11-6-7-2-1-3-8(14-7)9-4-5-13-10(12)15-9/h1-5H,(H2,12,13,15). The third kappa shape index (κ3) is 1.89. The number of pyridine rings is 1. The van der Waals surface area contributed by atoms with Crippen LogP contribution < -0.4 is 5.73 Å². The van der Waals surface area contributed by atoms with Crippen LogP contribution in [-0.4, -0.2) is 15.0 Å². The van der Waals surface area contributed by atoms with E-state index >= 15 is 0 Å². The van der Waals surface area contributed by atoms with Gasteiger partial charge in [-0.25, -0.2) is 15.0 Å². The predicted octanol–water partition coefficient (Wildman–Crippen LogP) is 0.992. The van der Waals surface area contributed by atoms with Gasteiger partial charge in [-0.3, -0.25) is 0 Å². The Morgan fingerprint density at radius 3 is 2.67 bits per heavy atom. The van der Waals surface area contributed by atoms with Gasteiger partial charge in [0.05, 0.1) is 11.4 Å². The second-order valence-electron chi connectivity index (χ2n) is 2.82. The lowest BCUT2D eigenvalue weighted by molar-refractivity contribution is 1.16. The first-order chi connectivity index (χ1) is 7.29. The zero-order valence-corrected chi connectivity index (χ0v) is 7.75. The molecule has 5 nitrogen and oxygen atoms in total. The fourth-order valence-corrected chi connectivity index (χ4v) is 1.16. The first kappa shape index (κ1) is 9.09. The van der Waals surface area contributed by atoms with E-state index in [4.69, 9.17) is 11.0 Å². The maximum absolute atomic E-state index is 8.69. The molecule has 0 amide bonds. The quantitative estimate of drug-likeness (QED) is 0.736. The number of nitrogens with two attached hydrogens (primary N) is 1. The highest BCUT2D eigenvalue weighted by Crippen LogP contribution is 2.14. The van der Waals surface area contributed by atoms with Crippen molar-refractivity contribution in [3.63, 3.8) is 0 Å². The van der Waals surface area contributed by atoms with E-state index in [0.29, 0.717) is 17.1 Å². The molecule has 2 N–H and O–H groups in total. The molecule has 2 aromatic heterocycles. The van der Waals surface area contributed by atoms with Gasteiger partial charge >= 0.3 is 0 Å². The Hall–Kier alpha value is -2.48. The molecule has 0 saturated heterocycles. The Morgan fingerprint density at radius 2 is 1.93 bits per heavy atom. The molecule has 2 heterocycles. The number of anilines is 1. The van der Waals surface area contributed by atoms with E-state index in [-0.39, 0.29) is 5.95 Å². The highest BCUT2D eigenvalue weighted by molar-refractivity contribution is 5.55. The smallest absolute Gasteiger partial charge is 0.220 e. The molecule has 0 spiro atoms. The Balaban J connectivity index is 2.50. The summed E-state index contributed by atoms with van der Waals surface area (Å²) in [5, 5.41) is 8.69. The van der Waals surface area contributed by atoms with Crippen LogP contribution in [0.15, 0.2) is 30.5 Å². The fraction of sp³-hybridized carbons (Fsp3) is 0. The van der Waals surface area contributed by atoms with Gasteiger partial charge in [-0.2, -0.15) is 5.26 Å². The summed E-state index contributed by atoms with van der Waals surface area (Å²) in [5.74, 6) is 0.191. The van der Waals surface area contributed by atoms with E-state index in [2.05, 4.69) is 15.0 Å². The summed E-state index contributed by atoms with van der Waals surface area (Å²) in [6, 6.07) is 8.81. The lowest BCUT2D eigenvalue weighted by Crippen LogP contribution is -1.96. The molecular formula is C10H7N5. The van der Waals surface area contributed by atoms with Crippen molar-refractivity contribution in [2.45, 2.75) is 0 Å². The molecule has 0 radical (unpaired) electrons. The molecule has 0 aliphatic carbocycles. The molecule has 0 aromatic carbocycles. The van der Waals surface area contributed by atoms with Crippen molar-refractivity contribution in [3.8, 4) is 17.5 Å². The minimum Gasteiger partial charge on any atom is -0.368 e. The van der Waals surface area contributed by atoms with Crippen LogP contribution >= 0.6 is 0 Å². The predicted molar refractivity (Wildman–Crippen MR) is 54.4 cm³/mol. The molecule has 5 heteroatoms. The number of hydrogen-bond acceptors (Lipinski definition) is 5. The summed E-state index contributed by atoms with van der Waals surface area (Å²) in [4.78, 5) is 11.9. The van der Waals surface area contributed by atoms with Gasteiger partial charge in [0.2, 0.25) is 5.95 Å². The van der Waals surface area contributed by atoms with Crippen molar-refractivity contribution in [2.75, 3.05) is 5.73 Å². The summed E-state index contributed by atoms with van der Waals surface area (Å²) < 4.78 is 0. The Bertz CT molecular complexity index is 529. The first-order valence-electron chi connectivity index (χ1n) is 4.25. The molecule has 2 aromatic rings. The molecule has 0 bridgehead atoms. The van der Waals surface area contributed by atoms with Gasteiger partial charge in [0.15, 0.2) is 0 Å². The lowest BCUT2D eigenvalue weighted by Gasteiger charge is -1.99. The van der Waals surface area contributed by atoms with Crippen LogP contribution in [0, 0.1) is 11.3 Å². The fourth-order valence-electron chi connectivity index (χ4n) is 1.16. The highest BCUT2D eigenvalue weighted by Gasteiger charge is 2.02. The van der Waals surface area contributed by atoms with Gasteiger partial charge in [0.25, 0.3) is 0 Å². The number of rotatable bonds is 1. The van der Waals surface area contributed by atoms with Crippen molar-refractivity contribution in [1.29, 1.82) is 5.26 Å². The molecule has 0 aliphatic rings. The molecule has 0 fully saturated rings. The summed E-state index contributed by atoms with van der Waals surface area (Å²) in [7, 11) is 0. The monoisotopic (exact) mass is 197 g/mol. The van der Waals surface area contributed by atoms with Crippen molar-refractivity contribution in [3.05, 3.63) is 36.2 Å². The highest BCUT2D eigenvalue weighted by atomic mass is 15.0. The number of aromatic nitrogens is 3. The van der Waals surface area contributed by atoms with Gasteiger partial charge < -0.3 is 5.73 Å². The molecule has 0 atom stereocenters. The van der Waals surface area contributed by atoms with Crippen LogP contribution in [0.4, 0.5) is 5.95 Å². The van der Waals surface area contributed by atoms with Gasteiger partial charge in [0.1, 0.15) is 11.8 Å². The van der Waals surface area contributed by atoms with E-state index in [1.807, 2.05) is 6.07 Å². The SMILES string of the molecule is N#Cc1cccc(-c2ccnc(N)n2)n1. The summed E-state index contributed by atoms with van der Waals surface area (Å²) in [6.07, 6.45) is 1.55. The largest absolute Gasteiger partial charge is 0.368 e. The molecular weight excluding hydrogens is 190 g/mol. The molecule has 0 aliphatic heterocycles. The zero-order valence-electron chi connectivity index (χ0n) is 7.75. The number of nitrogens with zero attached hydrogens (tertiary/aromatic N) is 4. The third-order valence-corrected chi connectivity index (χ3v) is 1.80. The van der Waals surface area contributed by atoms with E-state index in [1.54, 1.807) is 30.5 Å². The molecule has 2 rings (SSSR count). The van der Waals surface area contributed by atoms with Crippen LogP contribution in [0.5, 0.6) is 0 Å². The second-order valence-corrected chi connectivity index (χ2v) is 2.82. The van der Waals surface area contributed by atoms with Crippen LogP contribution in [0.1, 0.15) is 5.69 Å². The van der Waals surface area contributed by atoms with E-state index in [1.165, 1.54) is 0 Å².